The number of esters is 3. The lowest BCUT2D eigenvalue weighted by Crippen LogP contribution is -2.48. The number of carboxylic acids is 1. The van der Waals surface area contributed by atoms with Crippen LogP contribution in [-0.2, 0) is 172 Å². The van der Waals surface area contributed by atoms with Gasteiger partial charge < -0.3 is 138 Å². The van der Waals surface area contributed by atoms with E-state index < -0.39 is 17.4 Å². The summed E-state index contributed by atoms with van der Waals surface area (Å²) in [5.41, 5.74) is 1.45. The number of amides is 1. The van der Waals surface area contributed by atoms with E-state index in [4.69, 9.17) is 133 Å². The van der Waals surface area contributed by atoms with E-state index in [0.717, 1.165) is 107 Å². The molecule has 1 amide bonds. The smallest absolute Gasteiger partial charge is 0.321 e. The second kappa shape index (κ2) is 95.8. The lowest BCUT2D eigenvalue weighted by Gasteiger charge is -2.31. The first-order valence-corrected chi connectivity index (χ1v) is 47.7. The predicted molar refractivity (Wildman–Crippen MR) is 488 cm³/mol. The number of carboxylic acid groups (broad SMARTS) is 1. The van der Waals surface area contributed by atoms with Crippen molar-refractivity contribution in [1.82, 2.24) is 5.32 Å². The number of ether oxygens (including phenoxy) is 27. The summed E-state index contributed by atoms with van der Waals surface area (Å²) in [6, 6.07) is 28.9. The Morgan fingerprint density at radius 2 is 0.397 bits per heavy atom. The van der Waals surface area contributed by atoms with Gasteiger partial charge in [-0.25, -0.2) is 0 Å². The number of carbonyl (C=O) groups is 5. The third-order valence-corrected chi connectivity index (χ3v) is 19.5. The van der Waals surface area contributed by atoms with Crippen LogP contribution >= 0.6 is 0 Å². The van der Waals surface area contributed by atoms with Gasteiger partial charge >= 0.3 is 23.9 Å². The third kappa shape index (κ3) is 81.0. The normalized spacial score (nSPS) is 11.6. The van der Waals surface area contributed by atoms with Crippen LogP contribution in [0.5, 0.6) is 0 Å². The first kappa shape index (κ1) is 119. The first-order chi connectivity index (χ1) is 64.8. The minimum absolute atomic E-state index is 0.0145. The van der Waals surface area contributed by atoms with Crippen LogP contribution < -0.4 is 5.32 Å². The van der Waals surface area contributed by atoms with Crippen LogP contribution in [-0.4, -0.2) is 359 Å². The average Bonchev–Trinajstić information content (AvgIpc) is 0.805. The summed E-state index contributed by atoms with van der Waals surface area (Å²) in [6.07, 6.45) is 16.4. The topological polar surface area (TPSA) is 367 Å². The minimum Gasteiger partial charge on any atom is -0.481 e. The van der Waals surface area contributed by atoms with Gasteiger partial charge in [-0.15, -0.1) is 0 Å². The van der Waals surface area contributed by atoms with Crippen molar-refractivity contribution < 1.29 is 157 Å². The molecule has 34 nitrogen and oxygen atoms in total. The molecule has 0 spiro atoms. The second-order valence-electron chi connectivity index (χ2n) is 30.2. The molecule has 0 saturated carbocycles. The van der Waals surface area contributed by atoms with E-state index in [2.05, 4.69) is 5.32 Å². The van der Waals surface area contributed by atoms with Gasteiger partial charge in [-0.2, -0.15) is 0 Å². The van der Waals surface area contributed by atoms with E-state index in [1.54, 1.807) is 0 Å². The van der Waals surface area contributed by atoms with Crippen LogP contribution in [0.4, 0.5) is 0 Å². The van der Waals surface area contributed by atoms with Crippen molar-refractivity contribution >= 4 is 29.8 Å². The van der Waals surface area contributed by atoms with E-state index in [1.807, 2.05) is 91.0 Å². The Morgan fingerprint density at radius 3 is 0.611 bits per heavy atom. The SMILES string of the molecule is O=C(O)CCOCCOCCOCCOCCOCCOCCOCCOCCOCCOCCOCCOCCOCCOCCOCCOCCOCCOCCOCCOCCOCCOCCOCCOCCNC(=O)C(CCCCCCCCCCC(=O)OCc1ccccc1)(CCCCCCCCCCC(=O)OCc1ccccc1)C(=O)OCc1ccccc1. The van der Waals surface area contributed by atoms with Gasteiger partial charge in [0.1, 0.15) is 25.2 Å². The maximum absolute atomic E-state index is 14.5. The summed E-state index contributed by atoms with van der Waals surface area (Å²) in [7, 11) is 0. The van der Waals surface area contributed by atoms with E-state index in [0.29, 0.717) is 356 Å². The Kier molecular flexibility index (Phi) is 87.1. The number of hydrogen-bond acceptors (Lipinski definition) is 32. The maximum Gasteiger partial charge on any atom is 0.321 e. The first-order valence-electron chi connectivity index (χ1n) is 47.7. The highest BCUT2D eigenvalue weighted by molar-refractivity contribution is 6.02. The largest absolute Gasteiger partial charge is 0.481 e. The molecule has 131 heavy (non-hydrogen) atoms. The molecule has 0 aromatic heterocycles. The number of benzene rings is 3. The summed E-state index contributed by atoms with van der Waals surface area (Å²) in [5.74, 6) is -2.04. The highest BCUT2D eigenvalue weighted by Gasteiger charge is 2.46. The van der Waals surface area contributed by atoms with E-state index in [1.165, 1.54) is 0 Å². The predicted octanol–water partition coefficient (Wildman–Crippen LogP) is 11.0. The summed E-state index contributed by atoms with van der Waals surface area (Å²) < 4.78 is 150. The molecule has 3 aromatic rings. The summed E-state index contributed by atoms with van der Waals surface area (Å²) in [4.78, 5) is 64.0. The van der Waals surface area contributed by atoms with E-state index in [9.17, 15) is 24.0 Å². The van der Waals surface area contributed by atoms with Crippen molar-refractivity contribution in [2.75, 3.05) is 324 Å². The number of nitrogens with one attached hydrogen (secondary N) is 1. The van der Waals surface area contributed by atoms with Gasteiger partial charge in [0.25, 0.3) is 0 Å². The molecule has 0 aliphatic rings. The summed E-state index contributed by atoms with van der Waals surface area (Å²) in [5, 5.41) is 11.6. The van der Waals surface area contributed by atoms with Crippen LogP contribution in [0.25, 0.3) is 0 Å². The molecule has 0 heterocycles. The van der Waals surface area contributed by atoms with Gasteiger partial charge in [-0.3, -0.25) is 24.0 Å². The molecule has 0 aliphatic carbocycles. The van der Waals surface area contributed by atoms with Crippen LogP contribution in [0.15, 0.2) is 91.0 Å². The molecule has 754 valence electrons. The minimum atomic E-state index is -1.36. The number of aliphatic carboxylic acids is 1. The Labute approximate surface area is 780 Å². The molecule has 0 fully saturated rings. The van der Waals surface area contributed by atoms with Crippen LogP contribution in [0.2, 0.25) is 0 Å². The number of carbonyl (C=O) groups excluding carboxylic acids is 4. The molecule has 34 heteroatoms. The van der Waals surface area contributed by atoms with Crippen LogP contribution in [0.1, 0.15) is 152 Å². The number of rotatable bonds is 105. The zero-order chi connectivity index (χ0) is 93.1. The Bertz CT molecular complexity index is 2870. The lowest BCUT2D eigenvalue weighted by molar-refractivity contribution is -0.164. The van der Waals surface area contributed by atoms with Crippen molar-refractivity contribution in [2.24, 2.45) is 5.41 Å². The molecule has 0 bridgehead atoms. The molecule has 0 aliphatic heterocycles. The van der Waals surface area contributed by atoms with Crippen molar-refractivity contribution in [3.8, 4) is 0 Å². The molecule has 0 atom stereocenters. The molecular weight excluding hydrogens is 1710 g/mol. The fraction of sp³-hybridized carbons (Fsp3) is 0.763. The van der Waals surface area contributed by atoms with Gasteiger partial charge in [0.05, 0.1) is 324 Å². The lowest BCUT2D eigenvalue weighted by atomic mass is 9.76. The van der Waals surface area contributed by atoms with Gasteiger partial charge in [-0.05, 0) is 42.4 Å². The highest BCUT2D eigenvalue weighted by atomic mass is 16.6. The summed E-state index contributed by atoms with van der Waals surface area (Å²) in [6.45, 7) is 21.9. The second-order valence-corrected chi connectivity index (χ2v) is 30.2. The van der Waals surface area contributed by atoms with Crippen molar-refractivity contribution in [3.05, 3.63) is 108 Å². The van der Waals surface area contributed by atoms with Crippen molar-refractivity contribution in [2.45, 2.75) is 155 Å². The molecule has 0 saturated heterocycles. The van der Waals surface area contributed by atoms with Crippen molar-refractivity contribution in [1.29, 1.82) is 0 Å². The zero-order valence-electron chi connectivity index (χ0n) is 78.8. The van der Waals surface area contributed by atoms with Crippen molar-refractivity contribution in [3.63, 3.8) is 0 Å². The Hall–Kier alpha value is -5.95. The number of unbranched alkanes of at least 4 members (excludes halogenated alkanes) is 14. The van der Waals surface area contributed by atoms with Gasteiger partial charge in [0.2, 0.25) is 5.91 Å². The molecule has 3 rings (SSSR count). The van der Waals surface area contributed by atoms with Gasteiger partial charge in [0.15, 0.2) is 0 Å². The molecule has 3 aromatic carbocycles. The van der Waals surface area contributed by atoms with Gasteiger partial charge in [-0.1, -0.05) is 181 Å². The fourth-order valence-corrected chi connectivity index (χ4v) is 12.4. The van der Waals surface area contributed by atoms with Crippen LogP contribution in [0.3, 0.4) is 0 Å². The van der Waals surface area contributed by atoms with E-state index >= 15 is 0 Å². The highest BCUT2D eigenvalue weighted by Crippen LogP contribution is 2.35. The fourth-order valence-electron chi connectivity index (χ4n) is 12.4. The van der Waals surface area contributed by atoms with Crippen LogP contribution in [0, 0.1) is 5.41 Å². The monoisotopic (exact) mass is 1870 g/mol. The summed E-state index contributed by atoms with van der Waals surface area (Å²) >= 11 is 0. The molecule has 2 N–H and O–H groups in total. The third-order valence-electron chi connectivity index (χ3n) is 19.5. The van der Waals surface area contributed by atoms with E-state index in [-0.39, 0.29) is 50.6 Å². The maximum atomic E-state index is 14.5. The molecule has 0 radical (unpaired) electrons. The number of hydrogen-bond donors (Lipinski definition) is 2. The standard InChI is InChI=1S/C97H163NO33/c99-92(100)34-38-105-40-42-107-44-46-109-48-50-111-52-54-113-56-58-115-60-62-117-64-66-119-68-70-121-72-74-123-76-78-125-80-82-127-84-85-128-83-81-126-79-77-124-75-73-122-71-69-120-67-65-118-63-61-116-59-57-114-55-53-112-51-49-110-47-45-108-43-41-106-39-37-98-95(103)97(96(104)131-88-91-30-20-15-21-31-91,35-24-11-7-3-1-5-9-22-32-93(101)129-86-89-26-16-13-17-27-89)36-25-12-8-4-2-6-10-23-33-94(102)130-87-90-28-18-14-19-29-90/h13-21,26-31H,1-12,22-25,32-88H2,(H,98,103)(H,99,100). The zero-order valence-corrected chi connectivity index (χ0v) is 78.8. The quantitative estimate of drug-likeness (QED) is 0.0229. The Balaban J connectivity index is 1.03. The Morgan fingerprint density at radius 1 is 0.214 bits per heavy atom. The molecule has 0 unspecified atom stereocenters. The molecular formula is C97H163NO33. The average molecular weight is 1870 g/mol. The van der Waals surface area contributed by atoms with Gasteiger partial charge in [0, 0.05) is 19.4 Å².